The first-order valence-corrected chi connectivity index (χ1v) is 8.65. The van der Waals surface area contributed by atoms with E-state index in [2.05, 4.69) is 60.6 Å². The van der Waals surface area contributed by atoms with Crippen molar-refractivity contribution in [3.8, 4) is 0 Å². The lowest BCUT2D eigenvalue weighted by Gasteiger charge is -2.16. The summed E-state index contributed by atoms with van der Waals surface area (Å²) in [6.07, 6.45) is 1.86. The molecule has 1 atom stereocenters. The molecule has 0 radical (unpaired) electrons. The van der Waals surface area contributed by atoms with Gasteiger partial charge in [-0.1, -0.05) is 6.92 Å². The average molecular weight is 407 g/mol. The zero-order valence-corrected chi connectivity index (χ0v) is 15.2. The Bertz CT molecular complexity index is 562. The van der Waals surface area contributed by atoms with E-state index in [1.807, 2.05) is 18.8 Å². The smallest absolute Gasteiger partial charge is 0.0766 e. The standard InChI is InChI=1S/C13H17Br2N3S/c1-4-9-12(15)11(18(3)17-9)7-10(16-2)13-8(14)5-6-19-13/h5-6,10,16H,4,7H2,1-3H3. The summed E-state index contributed by atoms with van der Waals surface area (Å²) < 4.78 is 4.30. The normalized spacial score (nSPS) is 12.9. The maximum atomic E-state index is 4.55. The van der Waals surface area contributed by atoms with Crippen LogP contribution in [0.3, 0.4) is 0 Å². The van der Waals surface area contributed by atoms with E-state index in [0.717, 1.165) is 23.0 Å². The van der Waals surface area contributed by atoms with Gasteiger partial charge >= 0.3 is 0 Å². The molecule has 0 fully saturated rings. The quantitative estimate of drug-likeness (QED) is 0.810. The Morgan fingerprint density at radius 3 is 2.68 bits per heavy atom. The lowest BCUT2D eigenvalue weighted by Crippen LogP contribution is -2.19. The van der Waals surface area contributed by atoms with Gasteiger partial charge in [-0.05, 0) is 56.8 Å². The second kappa shape index (κ2) is 6.52. The molecule has 0 saturated heterocycles. The first-order valence-electron chi connectivity index (χ1n) is 6.18. The molecular weight excluding hydrogens is 390 g/mol. The van der Waals surface area contributed by atoms with Gasteiger partial charge in [0.15, 0.2) is 0 Å². The number of halogens is 2. The van der Waals surface area contributed by atoms with Gasteiger partial charge in [0.1, 0.15) is 0 Å². The van der Waals surface area contributed by atoms with Crippen LogP contribution >= 0.6 is 43.2 Å². The van der Waals surface area contributed by atoms with Gasteiger partial charge in [0.25, 0.3) is 0 Å². The second-order valence-corrected chi connectivity index (χ2v) is 6.96. The molecule has 2 rings (SSSR count). The Morgan fingerprint density at radius 2 is 2.21 bits per heavy atom. The molecule has 2 heterocycles. The third-order valence-electron chi connectivity index (χ3n) is 3.21. The summed E-state index contributed by atoms with van der Waals surface area (Å²) in [6, 6.07) is 2.39. The van der Waals surface area contributed by atoms with Crippen molar-refractivity contribution in [2.24, 2.45) is 7.05 Å². The summed E-state index contributed by atoms with van der Waals surface area (Å²) in [5, 5.41) is 10.1. The third kappa shape index (κ3) is 3.12. The molecule has 0 aliphatic heterocycles. The number of hydrogen-bond acceptors (Lipinski definition) is 3. The SMILES string of the molecule is CCc1nn(C)c(CC(NC)c2sccc2Br)c1Br. The van der Waals surface area contributed by atoms with Crippen molar-refractivity contribution in [3.63, 3.8) is 0 Å². The van der Waals surface area contributed by atoms with Crippen LogP contribution < -0.4 is 5.32 Å². The molecule has 1 N–H and O–H groups in total. The second-order valence-electron chi connectivity index (χ2n) is 4.36. The van der Waals surface area contributed by atoms with Gasteiger partial charge in [-0.2, -0.15) is 5.10 Å². The van der Waals surface area contributed by atoms with Crippen molar-refractivity contribution < 1.29 is 0 Å². The van der Waals surface area contributed by atoms with Crippen LogP contribution in [0.1, 0.15) is 29.2 Å². The van der Waals surface area contributed by atoms with Crippen LogP contribution in [0.25, 0.3) is 0 Å². The first kappa shape index (κ1) is 15.2. The molecule has 2 aromatic heterocycles. The fraction of sp³-hybridized carbons (Fsp3) is 0.462. The molecule has 0 amide bonds. The number of rotatable bonds is 5. The van der Waals surface area contributed by atoms with E-state index in [4.69, 9.17) is 0 Å². The summed E-state index contributed by atoms with van der Waals surface area (Å²) in [4.78, 5) is 1.33. The van der Waals surface area contributed by atoms with E-state index in [1.54, 1.807) is 11.3 Å². The zero-order valence-electron chi connectivity index (χ0n) is 11.2. The molecular formula is C13H17Br2N3S. The molecule has 2 aromatic rings. The van der Waals surface area contributed by atoms with Gasteiger partial charge in [0.05, 0.1) is 15.9 Å². The van der Waals surface area contributed by atoms with Crippen molar-refractivity contribution in [1.29, 1.82) is 0 Å². The third-order valence-corrected chi connectivity index (χ3v) is 6.11. The molecule has 0 saturated carbocycles. The van der Waals surface area contributed by atoms with Gasteiger partial charge in [-0.25, -0.2) is 0 Å². The summed E-state index contributed by atoms with van der Waals surface area (Å²) >= 11 is 9.07. The van der Waals surface area contributed by atoms with Crippen molar-refractivity contribution in [3.05, 3.63) is 36.7 Å². The predicted octanol–water partition coefficient (Wildman–Crippen LogP) is 4.07. The Kier molecular flexibility index (Phi) is 5.22. The minimum Gasteiger partial charge on any atom is -0.312 e. The Labute approximate surface area is 134 Å². The van der Waals surface area contributed by atoms with Crippen LogP contribution in [0.5, 0.6) is 0 Å². The zero-order chi connectivity index (χ0) is 14.0. The van der Waals surface area contributed by atoms with E-state index in [-0.39, 0.29) is 0 Å². The molecule has 6 heteroatoms. The Morgan fingerprint density at radius 1 is 1.47 bits per heavy atom. The van der Waals surface area contributed by atoms with E-state index in [1.165, 1.54) is 15.0 Å². The molecule has 0 bridgehead atoms. The fourth-order valence-corrected chi connectivity index (χ4v) is 4.65. The number of thiophene rings is 1. The Balaban J connectivity index is 2.29. The van der Waals surface area contributed by atoms with Crippen LogP contribution in [-0.2, 0) is 19.9 Å². The molecule has 0 aliphatic carbocycles. The monoisotopic (exact) mass is 405 g/mol. The van der Waals surface area contributed by atoms with Crippen molar-refractivity contribution in [2.75, 3.05) is 7.05 Å². The van der Waals surface area contributed by atoms with Gasteiger partial charge in [-0.3, -0.25) is 4.68 Å². The lowest BCUT2D eigenvalue weighted by molar-refractivity contribution is 0.566. The van der Waals surface area contributed by atoms with Crippen LogP contribution in [-0.4, -0.2) is 16.8 Å². The number of aryl methyl sites for hydroxylation is 2. The summed E-state index contributed by atoms with van der Waals surface area (Å²) in [5.74, 6) is 0. The highest BCUT2D eigenvalue weighted by molar-refractivity contribution is 9.10. The topological polar surface area (TPSA) is 29.9 Å². The van der Waals surface area contributed by atoms with E-state index < -0.39 is 0 Å². The largest absolute Gasteiger partial charge is 0.312 e. The minimum atomic E-state index is 0.297. The van der Waals surface area contributed by atoms with Crippen molar-refractivity contribution in [2.45, 2.75) is 25.8 Å². The van der Waals surface area contributed by atoms with E-state index in [0.29, 0.717) is 6.04 Å². The number of nitrogens with zero attached hydrogens (tertiary/aromatic N) is 2. The number of hydrogen-bond donors (Lipinski definition) is 1. The van der Waals surface area contributed by atoms with Gasteiger partial charge in [0, 0.05) is 28.9 Å². The van der Waals surface area contributed by atoms with Crippen LogP contribution in [0.2, 0.25) is 0 Å². The molecule has 0 aromatic carbocycles. The highest BCUT2D eigenvalue weighted by Gasteiger charge is 2.20. The van der Waals surface area contributed by atoms with Gasteiger partial charge < -0.3 is 5.32 Å². The molecule has 0 aliphatic rings. The number of likely N-dealkylation sites (N-methyl/N-ethyl adjacent to an activating group) is 1. The van der Waals surface area contributed by atoms with Gasteiger partial charge in [-0.15, -0.1) is 11.3 Å². The molecule has 19 heavy (non-hydrogen) atoms. The van der Waals surface area contributed by atoms with Crippen molar-refractivity contribution >= 4 is 43.2 Å². The van der Waals surface area contributed by atoms with Crippen LogP contribution in [0.4, 0.5) is 0 Å². The Hall–Kier alpha value is -0.170. The molecule has 104 valence electrons. The summed E-state index contributed by atoms with van der Waals surface area (Å²) in [5.41, 5.74) is 2.36. The molecule has 3 nitrogen and oxygen atoms in total. The highest BCUT2D eigenvalue weighted by atomic mass is 79.9. The van der Waals surface area contributed by atoms with E-state index in [9.17, 15) is 0 Å². The fourth-order valence-electron chi connectivity index (χ4n) is 2.11. The lowest BCUT2D eigenvalue weighted by atomic mass is 10.1. The van der Waals surface area contributed by atoms with Crippen molar-refractivity contribution in [1.82, 2.24) is 15.1 Å². The maximum Gasteiger partial charge on any atom is 0.0766 e. The van der Waals surface area contributed by atoms with E-state index >= 15 is 0 Å². The molecule has 0 spiro atoms. The number of nitrogens with one attached hydrogen (secondary N) is 1. The van der Waals surface area contributed by atoms with Gasteiger partial charge in [0.2, 0.25) is 0 Å². The first-order chi connectivity index (χ1) is 9.08. The average Bonchev–Trinajstić information content (AvgIpc) is 2.93. The molecule has 1 unspecified atom stereocenters. The summed E-state index contributed by atoms with van der Waals surface area (Å²) in [6.45, 7) is 2.13. The maximum absolute atomic E-state index is 4.55. The predicted molar refractivity (Wildman–Crippen MR) is 87.8 cm³/mol. The van der Waals surface area contributed by atoms with Crippen LogP contribution in [0.15, 0.2) is 20.4 Å². The summed E-state index contributed by atoms with van der Waals surface area (Å²) in [7, 11) is 4.01. The highest BCUT2D eigenvalue weighted by Crippen LogP contribution is 2.33. The van der Waals surface area contributed by atoms with Crippen LogP contribution in [0, 0.1) is 0 Å². The number of aromatic nitrogens is 2. The minimum absolute atomic E-state index is 0.297.